The fraction of sp³-hybridized carbons (Fsp3) is 0.429. The fourth-order valence-corrected chi connectivity index (χ4v) is 3.55. The molecule has 2 rings (SSSR count). The summed E-state index contributed by atoms with van der Waals surface area (Å²) in [6.45, 7) is 13.6. The summed E-state index contributed by atoms with van der Waals surface area (Å²) in [5, 5.41) is 3.75. The molecule has 0 spiro atoms. The number of hydrogen-bond acceptors (Lipinski definition) is 6. The van der Waals surface area contributed by atoms with Gasteiger partial charge in [0.15, 0.2) is 11.7 Å². The largest absolute Gasteiger partial charge is 0.610 e. The molecule has 30 heavy (non-hydrogen) atoms. The Bertz CT molecular complexity index is 891. The van der Waals surface area contributed by atoms with Gasteiger partial charge in [0.25, 0.3) is 5.91 Å². The van der Waals surface area contributed by atoms with Crippen LogP contribution in [-0.2, 0) is 22.5 Å². The van der Waals surface area contributed by atoms with E-state index in [0.717, 1.165) is 17.6 Å². The van der Waals surface area contributed by atoms with Gasteiger partial charge in [0, 0.05) is 36.0 Å². The molecule has 0 aliphatic carbocycles. The van der Waals surface area contributed by atoms with Gasteiger partial charge in [0.2, 0.25) is 5.03 Å². The van der Waals surface area contributed by atoms with Crippen LogP contribution in [-0.4, -0.2) is 43.8 Å². The number of carbonyl (C=O) groups excluding carboxylic acids is 1. The third-order valence-electron chi connectivity index (χ3n) is 4.57. The molecular formula is C21H28ClN5O2S. The first-order valence-electron chi connectivity index (χ1n) is 9.79. The predicted molar refractivity (Wildman–Crippen MR) is 123 cm³/mol. The molecule has 1 aromatic heterocycles. The monoisotopic (exact) mass is 449 g/mol. The maximum absolute atomic E-state index is 13.2. The summed E-state index contributed by atoms with van der Waals surface area (Å²) in [4.78, 5) is 27.9. The van der Waals surface area contributed by atoms with E-state index >= 15 is 0 Å². The van der Waals surface area contributed by atoms with Gasteiger partial charge in [-0.25, -0.2) is 15.0 Å². The summed E-state index contributed by atoms with van der Waals surface area (Å²) in [5.41, 5.74) is 2.34. The Labute approximate surface area is 186 Å². The number of hydrogen-bond donors (Lipinski definition) is 1. The third-order valence-corrected chi connectivity index (χ3v) is 5.89. The number of amidine groups is 2. The van der Waals surface area contributed by atoms with E-state index in [0.29, 0.717) is 28.9 Å². The van der Waals surface area contributed by atoms with Crippen LogP contribution in [0.1, 0.15) is 46.6 Å². The molecule has 1 amide bonds. The first-order chi connectivity index (χ1) is 14.2. The number of nitrogens with one attached hydrogen (secondary N) is 1. The molecule has 2 heterocycles. The third kappa shape index (κ3) is 5.71. The van der Waals surface area contributed by atoms with E-state index in [-0.39, 0.29) is 22.9 Å². The maximum Gasteiger partial charge on any atom is 0.295 e. The summed E-state index contributed by atoms with van der Waals surface area (Å²) >= 11 is 4.83. The van der Waals surface area contributed by atoms with Crippen molar-refractivity contribution in [1.29, 1.82) is 0 Å². The van der Waals surface area contributed by atoms with E-state index < -0.39 is 11.2 Å². The number of amides is 1. The summed E-state index contributed by atoms with van der Waals surface area (Å²) < 4.78 is 11.8. The van der Waals surface area contributed by atoms with Gasteiger partial charge < -0.3 is 9.87 Å². The highest BCUT2D eigenvalue weighted by Gasteiger charge is 2.35. The smallest absolute Gasteiger partial charge is 0.295 e. The molecule has 0 fully saturated rings. The molecule has 0 aromatic carbocycles. The van der Waals surface area contributed by atoms with Gasteiger partial charge in [-0.05, 0) is 51.3 Å². The number of aromatic nitrogens is 1. The first kappa shape index (κ1) is 24.1. The zero-order valence-corrected chi connectivity index (χ0v) is 19.6. The maximum atomic E-state index is 13.2. The standard InChI is InChI=1S/C21H28ClN5O2S/c1-7-14(5)27-20(25-15(6)22)18(13(3)4)26-19(21(27)28)24-12-16-9-10-17(23-11-16)30(29)8-2/h9-11,14H,6-8,12H2,1-5H3,(H,24,26)/b25-20+/t14-,30?/m1/s1. The lowest BCUT2D eigenvalue weighted by atomic mass is 10.1. The van der Waals surface area contributed by atoms with E-state index in [1.165, 1.54) is 0 Å². The quantitative estimate of drug-likeness (QED) is 0.506. The molecule has 1 aromatic rings. The number of pyridine rings is 1. The van der Waals surface area contributed by atoms with Crippen LogP contribution in [0.5, 0.6) is 0 Å². The lowest BCUT2D eigenvalue weighted by Crippen LogP contribution is -2.53. The van der Waals surface area contributed by atoms with Crippen molar-refractivity contribution < 1.29 is 9.35 Å². The van der Waals surface area contributed by atoms with E-state index in [4.69, 9.17) is 11.6 Å². The summed E-state index contributed by atoms with van der Waals surface area (Å²) in [6, 6.07) is 3.49. The first-order valence-corrected chi connectivity index (χ1v) is 11.5. The predicted octanol–water partition coefficient (Wildman–Crippen LogP) is 3.74. The van der Waals surface area contributed by atoms with Crippen LogP contribution >= 0.6 is 11.6 Å². The minimum absolute atomic E-state index is 0.0899. The molecule has 0 radical (unpaired) electrons. The summed E-state index contributed by atoms with van der Waals surface area (Å²) in [7, 11) is 0. The van der Waals surface area contributed by atoms with Crippen LogP contribution in [0.25, 0.3) is 0 Å². The number of halogens is 1. The number of nitrogens with zero attached hydrogens (tertiary/aromatic N) is 4. The van der Waals surface area contributed by atoms with Crippen molar-refractivity contribution in [3.05, 3.63) is 46.9 Å². The molecule has 2 atom stereocenters. The van der Waals surface area contributed by atoms with Gasteiger partial charge in [-0.2, -0.15) is 0 Å². The SMILES string of the molecule is C=C(Cl)/N=C1\C(=C(C)C)N=C(NCc2ccc([S+]([O-])CC)nc2)C(=O)N1[C@H](C)CC. The minimum Gasteiger partial charge on any atom is -0.610 e. The van der Waals surface area contributed by atoms with Crippen molar-refractivity contribution >= 4 is 40.4 Å². The molecular weight excluding hydrogens is 422 g/mol. The lowest BCUT2D eigenvalue weighted by Gasteiger charge is -2.34. The molecule has 1 unspecified atom stereocenters. The number of carbonyl (C=O) groups is 1. The normalized spacial score (nSPS) is 17.6. The lowest BCUT2D eigenvalue weighted by molar-refractivity contribution is -0.122. The molecule has 1 N–H and O–H groups in total. The molecule has 1 aliphatic heterocycles. The highest BCUT2D eigenvalue weighted by atomic mass is 35.5. The second kappa shape index (κ2) is 10.7. The Balaban J connectivity index is 2.34. The summed E-state index contributed by atoms with van der Waals surface area (Å²) in [5.74, 6) is 0.883. The van der Waals surface area contributed by atoms with Crippen molar-refractivity contribution in [3.63, 3.8) is 0 Å². The zero-order valence-electron chi connectivity index (χ0n) is 18.0. The molecule has 7 nitrogen and oxygen atoms in total. The van der Waals surface area contributed by atoms with Crippen molar-refractivity contribution in [2.75, 3.05) is 5.75 Å². The van der Waals surface area contributed by atoms with Crippen LogP contribution in [0.3, 0.4) is 0 Å². The molecule has 1 aliphatic rings. The minimum atomic E-state index is -1.10. The molecule has 9 heteroatoms. The van der Waals surface area contributed by atoms with Crippen molar-refractivity contribution in [3.8, 4) is 0 Å². The van der Waals surface area contributed by atoms with E-state index in [2.05, 4.69) is 26.9 Å². The number of aliphatic imine (C=N–C) groups is 2. The highest BCUT2D eigenvalue weighted by molar-refractivity contribution is 7.91. The van der Waals surface area contributed by atoms with Gasteiger partial charge in [0.05, 0.1) is 0 Å². The number of rotatable bonds is 7. The molecule has 0 bridgehead atoms. The van der Waals surface area contributed by atoms with Crippen molar-refractivity contribution in [2.24, 2.45) is 9.98 Å². The average Bonchev–Trinajstić information content (AvgIpc) is 2.72. The Morgan fingerprint density at radius 3 is 2.60 bits per heavy atom. The summed E-state index contributed by atoms with van der Waals surface area (Å²) in [6.07, 6.45) is 2.39. The Hall–Kier alpha value is -2.16. The average molecular weight is 450 g/mol. The van der Waals surface area contributed by atoms with Gasteiger partial charge in [-0.3, -0.25) is 9.69 Å². The molecule has 0 saturated heterocycles. The second-order valence-corrected chi connectivity index (χ2v) is 9.17. The van der Waals surface area contributed by atoms with Gasteiger partial charge >= 0.3 is 0 Å². The molecule has 162 valence electrons. The Morgan fingerprint density at radius 1 is 1.40 bits per heavy atom. The van der Waals surface area contributed by atoms with Crippen LogP contribution in [0.2, 0.25) is 0 Å². The topological polar surface area (TPSA) is 93.0 Å². The van der Waals surface area contributed by atoms with Crippen molar-refractivity contribution in [1.82, 2.24) is 15.2 Å². The fourth-order valence-electron chi connectivity index (χ4n) is 2.78. The van der Waals surface area contributed by atoms with Crippen LogP contribution in [0.4, 0.5) is 0 Å². The molecule has 0 saturated carbocycles. The highest BCUT2D eigenvalue weighted by Crippen LogP contribution is 2.22. The number of allylic oxidation sites excluding steroid dienone is 1. The van der Waals surface area contributed by atoms with Crippen LogP contribution in [0, 0.1) is 0 Å². The second-order valence-electron chi connectivity index (χ2n) is 7.05. The van der Waals surface area contributed by atoms with Crippen molar-refractivity contribution in [2.45, 2.75) is 58.7 Å². The van der Waals surface area contributed by atoms with Crippen LogP contribution in [0.15, 0.2) is 56.3 Å². The zero-order chi connectivity index (χ0) is 22.4. The van der Waals surface area contributed by atoms with E-state index in [1.807, 2.05) is 40.7 Å². The van der Waals surface area contributed by atoms with E-state index in [1.54, 1.807) is 17.2 Å². The van der Waals surface area contributed by atoms with Gasteiger partial charge in [0.1, 0.15) is 16.6 Å². The van der Waals surface area contributed by atoms with Gasteiger partial charge in [-0.1, -0.05) is 25.1 Å². The van der Waals surface area contributed by atoms with Gasteiger partial charge in [-0.15, -0.1) is 0 Å². The Morgan fingerprint density at radius 2 is 2.10 bits per heavy atom. The van der Waals surface area contributed by atoms with E-state index in [9.17, 15) is 9.35 Å². The van der Waals surface area contributed by atoms with Crippen LogP contribution < -0.4 is 5.32 Å². The Kier molecular flexibility index (Phi) is 8.64.